The number of aromatic nitrogens is 4. The Labute approximate surface area is 271 Å². The minimum atomic E-state index is -4.36. The van der Waals surface area contributed by atoms with E-state index >= 15 is 0 Å². The zero-order chi connectivity index (χ0) is 32.8. The molecule has 0 aliphatic carbocycles. The lowest BCUT2D eigenvalue weighted by atomic mass is 10.1. The van der Waals surface area contributed by atoms with Gasteiger partial charge in [-0.05, 0) is 36.6 Å². The van der Waals surface area contributed by atoms with E-state index in [-0.39, 0.29) is 31.0 Å². The molecule has 3 heterocycles. The largest absolute Gasteiger partial charge is 0.460 e. The monoisotopic (exact) mass is 658 g/mol. The molecule has 13 nitrogen and oxygen atoms in total. The van der Waals surface area contributed by atoms with Crippen molar-refractivity contribution in [3.05, 3.63) is 114 Å². The maximum Gasteiger partial charge on any atom is 0.459 e. The molecule has 1 fully saturated rings. The van der Waals surface area contributed by atoms with Gasteiger partial charge in [0, 0.05) is 6.42 Å². The van der Waals surface area contributed by atoms with Gasteiger partial charge in [0.15, 0.2) is 11.5 Å². The van der Waals surface area contributed by atoms with Crippen LogP contribution in [0.3, 0.4) is 0 Å². The van der Waals surface area contributed by atoms with Crippen molar-refractivity contribution in [2.45, 2.75) is 50.8 Å². The van der Waals surface area contributed by atoms with Crippen LogP contribution >= 0.6 is 7.75 Å². The zero-order valence-corrected chi connectivity index (χ0v) is 26.5. The van der Waals surface area contributed by atoms with Crippen LogP contribution in [0.25, 0.3) is 11.2 Å². The number of carbonyl (C=O) groups is 1. The molecule has 1 saturated heterocycles. The molecule has 3 aromatic carbocycles. The van der Waals surface area contributed by atoms with Gasteiger partial charge in [0.25, 0.3) is 0 Å². The predicted molar refractivity (Wildman–Crippen MR) is 173 cm³/mol. The van der Waals surface area contributed by atoms with Crippen LogP contribution in [0.15, 0.2) is 97.3 Å². The van der Waals surface area contributed by atoms with E-state index in [1.165, 1.54) is 6.33 Å². The highest BCUT2D eigenvalue weighted by atomic mass is 31.2. The van der Waals surface area contributed by atoms with Crippen LogP contribution in [0.2, 0.25) is 0 Å². The number of benzene rings is 3. The van der Waals surface area contributed by atoms with E-state index in [0.717, 1.165) is 11.1 Å². The summed E-state index contributed by atoms with van der Waals surface area (Å²) in [7, 11) is -4.36. The first-order chi connectivity index (χ1) is 22.8. The fourth-order valence-corrected chi connectivity index (χ4v) is 7.05. The van der Waals surface area contributed by atoms with Crippen molar-refractivity contribution in [3.63, 3.8) is 0 Å². The predicted octanol–water partition coefficient (Wildman–Crippen LogP) is 4.51. The zero-order valence-electron chi connectivity index (χ0n) is 25.6. The van der Waals surface area contributed by atoms with Gasteiger partial charge in [0.1, 0.15) is 48.2 Å². The quantitative estimate of drug-likeness (QED) is 0.120. The van der Waals surface area contributed by atoms with Gasteiger partial charge in [-0.15, -0.1) is 0 Å². The number of ether oxygens (including phenoxy) is 2. The third-order valence-corrected chi connectivity index (χ3v) is 9.21. The molecule has 0 bridgehead atoms. The van der Waals surface area contributed by atoms with Crippen LogP contribution in [0.4, 0.5) is 5.82 Å². The number of imidazole rings is 1. The molecular weight excluding hydrogens is 623 g/mol. The minimum Gasteiger partial charge on any atom is -0.460 e. The topological polar surface area (TPSA) is 173 Å². The Morgan fingerprint density at radius 2 is 1.70 bits per heavy atom. The normalized spacial score (nSPS) is 19.7. The first-order valence-corrected chi connectivity index (χ1v) is 16.6. The Hall–Kier alpha value is -4.65. The third-order valence-electron chi connectivity index (χ3n) is 7.58. The van der Waals surface area contributed by atoms with Gasteiger partial charge in [-0.2, -0.15) is 5.09 Å². The number of para-hydroxylation sites is 1. The second-order valence-electron chi connectivity index (χ2n) is 11.0. The number of nitrogens with zero attached hydrogens (tertiary/aromatic N) is 4. The average molecular weight is 659 g/mol. The molecule has 4 N–H and O–H groups in total. The fraction of sp³-hybridized carbons (Fsp3) is 0.273. The molecule has 1 aliphatic heterocycles. The molecule has 5 atom stereocenters. The van der Waals surface area contributed by atoms with Crippen molar-refractivity contribution in [1.82, 2.24) is 24.6 Å². The molecule has 5 aromatic rings. The number of rotatable bonds is 13. The summed E-state index contributed by atoms with van der Waals surface area (Å²) in [4.78, 5) is 26.5. The number of aliphatic hydroxyl groups is 1. The molecule has 2 aromatic heterocycles. The average Bonchev–Trinajstić information content (AvgIpc) is 3.68. The van der Waals surface area contributed by atoms with Crippen molar-refractivity contribution >= 4 is 30.7 Å². The van der Waals surface area contributed by atoms with E-state index in [2.05, 4.69) is 20.0 Å². The van der Waals surface area contributed by atoms with Crippen LogP contribution in [0.1, 0.15) is 29.6 Å². The molecule has 1 unspecified atom stereocenters. The molecule has 0 saturated carbocycles. The molecule has 0 spiro atoms. The standard InChI is InChI=1S/C33H35N6O7P/c1-22-36-31(34)30-32(37-22)39(21-35-30)29-18-27(28(19-40)44-29)46-47(42,45-25-15-9-4-10-16-25)38-26(17-23-11-5-2-6-12-23)33(41)43-20-24-13-7-3-8-14-24/h2-16,21,26-29,40H,17-20H2,1H3,(H,38,42)(H2,34,36,37)/t26-,27+,28+,29+,47?/m0/s1. The van der Waals surface area contributed by atoms with Gasteiger partial charge < -0.3 is 24.8 Å². The highest BCUT2D eigenvalue weighted by molar-refractivity contribution is 7.52. The Morgan fingerprint density at radius 3 is 2.38 bits per heavy atom. The Morgan fingerprint density at radius 1 is 1.04 bits per heavy atom. The summed E-state index contributed by atoms with van der Waals surface area (Å²) in [5, 5.41) is 13.2. The number of hydrogen-bond acceptors (Lipinski definition) is 11. The molecule has 14 heteroatoms. The van der Waals surface area contributed by atoms with Gasteiger partial charge in [0.2, 0.25) is 0 Å². The summed E-state index contributed by atoms with van der Waals surface area (Å²) in [6.45, 7) is 1.29. The van der Waals surface area contributed by atoms with E-state index in [1.807, 2.05) is 60.7 Å². The summed E-state index contributed by atoms with van der Waals surface area (Å²) in [5.74, 6) is 0.285. The second-order valence-corrected chi connectivity index (χ2v) is 12.7. The van der Waals surface area contributed by atoms with Crippen LogP contribution in [0, 0.1) is 6.92 Å². The summed E-state index contributed by atoms with van der Waals surface area (Å²) in [6, 6.07) is 25.9. The molecule has 244 valence electrons. The molecule has 0 radical (unpaired) electrons. The number of nitrogens with one attached hydrogen (secondary N) is 1. The number of anilines is 1. The van der Waals surface area contributed by atoms with Crippen LogP contribution < -0.4 is 15.3 Å². The number of aryl methyl sites for hydroxylation is 1. The van der Waals surface area contributed by atoms with E-state index in [1.54, 1.807) is 41.8 Å². The first kappa shape index (κ1) is 32.3. The lowest BCUT2D eigenvalue weighted by Crippen LogP contribution is -2.41. The van der Waals surface area contributed by atoms with Gasteiger partial charge in [0.05, 0.1) is 12.9 Å². The maximum atomic E-state index is 14.7. The summed E-state index contributed by atoms with van der Waals surface area (Å²) in [6.07, 6.45) is -0.725. The Bertz CT molecular complexity index is 1840. The van der Waals surface area contributed by atoms with Crippen molar-refractivity contribution in [3.8, 4) is 5.75 Å². The number of carbonyl (C=O) groups excluding carboxylic acids is 1. The lowest BCUT2D eigenvalue weighted by Gasteiger charge is -2.28. The van der Waals surface area contributed by atoms with E-state index in [9.17, 15) is 14.5 Å². The van der Waals surface area contributed by atoms with Gasteiger partial charge >= 0.3 is 13.7 Å². The van der Waals surface area contributed by atoms with Crippen LogP contribution in [0.5, 0.6) is 5.75 Å². The highest BCUT2D eigenvalue weighted by Crippen LogP contribution is 2.49. The molecule has 6 rings (SSSR count). The fourth-order valence-electron chi connectivity index (χ4n) is 5.34. The smallest absolute Gasteiger partial charge is 0.459 e. The van der Waals surface area contributed by atoms with E-state index in [0.29, 0.717) is 17.0 Å². The second kappa shape index (κ2) is 14.4. The number of fused-ring (bicyclic) bond motifs is 1. The summed E-state index contributed by atoms with van der Waals surface area (Å²) in [5.41, 5.74) is 8.51. The number of nitrogens with two attached hydrogens (primary N) is 1. The minimum absolute atomic E-state index is 0.0223. The third kappa shape index (κ3) is 7.84. The van der Waals surface area contributed by atoms with Gasteiger partial charge in [-0.3, -0.25) is 13.9 Å². The number of hydrogen-bond donors (Lipinski definition) is 3. The number of aliphatic hydroxyl groups excluding tert-OH is 1. The van der Waals surface area contributed by atoms with Gasteiger partial charge in [-0.1, -0.05) is 78.9 Å². The van der Waals surface area contributed by atoms with Crippen molar-refractivity contribution in [2.75, 3.05) is 12.3 Å². The van der Waals surface area contributed by atoms with Gasteiger partial charge in [-0.25, -0.2) is 19.5 Å². The summed E-state index contributed by atoms with van der Waals surface area (Å²) < 4.78 is 40.4. The van der Waals surface area contributed by atoms with Crippen LogP contribution in [-0.4, -0.2) is 55.5 Å². The molecular formula is C33H35N6O7P. The summed E-state index contributed by atoms with van der Waals surface area (Å²) >= 11 is 0. The molecule has 0 amide bonds. The van der Waals surface area contributed by atoms with Crippen molar-refractivity contribution in [2.24, 2.45) is 0 Å². The lowest BCUT2D eigenvalue weighted by molar-refractivity contribution is -0.147. The van der Waals surface area contributed by atoms with E-state index in [4.69, 9.17) is 24.3 Å². The SMILES string of the molecule is Cc1nc(N)c2ncn([C@H]3C[C@@H](OP(=O)(N[C@@H](Cc4ccccc4)C(=O)OCc4ccccc4)Oc4ccccc4)[C@@H](CO)O3)c2n1. The highest BCUT2D eigenvalue weighted by Gasteiger charge is 2.44. The number of esters is 1. The molecule has 1 aliphatic rings. The molecule has 47 heavy (non-hydrogen) atoms. The van der Waals surface area contributed by atoms with E-state index < -0.39 is 44.8 Å². The Balaban J connectivity index is 1.28. The number of nitrogen functional groups attached to an aromatic ring is 1. The first-order valence-electron chi connectivity index (χ1n) is 15.1. The van der Waals surface area contributed by atoms with Crippen molar-refractivity contribution in [1.29, 1.82) is 0 Å². The maximum absolute atomic E-state index is 14.7. The van der Waals surface area contributed by atoms with Crippen LogP contribution in [-0.2, 0) is 36.4 Å². The Kier molecular flexibility index (Phi) is 9.90. The van der Waals surface area contributed by atoms with Crippen molar-refractivity contribution < 1.29 is 33.0 Å².